The smallest absolute Gasteiger partial charge is 0.333 e. The zero-order chi connectivity index (χ0) is 37.1. The number of para-hydroxylation sites is 2. The summed E-state index contributed by atoms with van der Waals surface area (Å²) in [6, 6.07) is 70.2. The van der Waals surface area contributed by atoms with Gasteiger partial charge in [-0.1, -0.05) is 159 Å². The molecular weight excluding hydrogens is 675 g/mol. The molecule has 0 atom stereocenters. The van der Waals surface area contributed by atoms with Crippen molar-refractivity contribution in [2.24, 2.45) is 0 Å². The largest absolute Gasteiger partial charge is 0.376 e. The Morgan fingerprint density at radius 3 is 1.79 bits per heavy atom. The molecule has 0 spiro atoms. The highest BCUT2D eigenvalue weighted by molar-refractivity contribution is 6.94. The van der Waals surface area contributed by atoms with Crippen LogP contribution in [-0.2, 0) is 5.41 Å². The summed E-state index contributed by atoms with van der Waals surface area (Å²) in [5.41, 5.74) is 18.9. The maximum absolute atomic E-state index is 2.66. The molecule has 12 rings (SSSR count). The summed E-state index contributed by atoms with van der Waals surface area (Å²) in [4.78, 5) is 5.31. The second-order valence-corrected chi connectivity index (χ2v) is 16.1. The average molecular weight is 713 g/mol. The van der Waals surface area contributed by atoms with Crippen LogP contribution in [0, 0.1) is 0 Å². The zero-order valence-corrected chi connectivity index (χ0v) is 31.4. The highest BCUT2D eigenvalue weighted by Gasteiger charge is 2.50. The normalized spacial score (nSPS) is 14.3. The molecule has 0 saturated heterocycles. The van der Waals surface area contributed by atoms with Crippen molar-refractivity contribution in [1.82, 2.24) is 0 Å². The van der Waals surface area contributed by atoms with E-state index in [1.54, 1.807) is 0 Å². The minimum atomic E-state index is -0.225. The second-order valence-electron chi connectivity index (χ2n) is 16.1. The molecule has 9 aromatic carbocycles. The van der Waals surface area contributed by atoms with E-state index in [1.165, 1.54) is 105 Å². The first-order chi connectivity index (χ1) is 27.5. The topological polar surface area (TPSA) is 6.48 Å². The van der Waals surface area contributed by atoms with Crippen molar-refractivity contribution >= 4 is 67.8 Å². The predicted molar refractivity (Wildman–Crippen MR) is 238 cm³/mol. The van der Waals surface area contributed by atoms with Crippen molar-refractivity contribution in [2.45, 2.75) is 19.3 Å². The molecule has 0 saturated carbocycles. The lowest BCUT2D eigenvalue weighted by Gasteiger charge is -2.51. The van der Waals surface area contributed by atoms with E-state index in [4.69, 9.17) is 0 Å². The molecule has 3 aliphatic rings. The fraction of sp³-hybridized carbons (Fsp3) is 0.0566. The molecule has 0 radical (unpaired) electrons. The van der Waals surface area contributed by atoms with E-state index >= 15 is 0 Å². The summed E-state index contributed by atoms with van der Waals surface area (Å²) < 4.78 is 0. The first-order valence-electron chi connectivity index (χ1n) is 19.7. The van der Waals surface area contributed by atoms with Crippen molar-refractivity contribution in [3.05, 3.63) is 199 Å². The van der Waals surface area contributed by atoms with Gasteiger partial charge in [0.1, 0.15) is 0 Å². The van der Waals surface area contributed by atoms with Gasteiger partial charge in [0.25, 0.3) is 0 Å². The first-order valence-corrected chi connectivity index (χ1v) is 19.7. The Morgan fingerprint density at radius 1 is 0.429 bits per heavy atom. The van der Waals surface area contributed by atoms with E-state index in [0.29, 0.717) is 0 Å². The van der Waals surface area contributed by atoms with E-state index in [-0.39, 0.29) is 12.3 Å². The lowest BCUT2D eigenvalue weighted by Crippen LogP contribution is -2.62. The summed E-state index contributed by atoms with van der Waals surface area (Å²) in [6.45, 7) is 4.76. The maximum Gasteiger partial charge on any atom is 0.333 e. The van der Waals surface area contributed by atoms with Crippen molar-refractivity contribution in [2.75, 3.05) is 9.71 Å². The number of benzene rings is 9. The number of rotatable bonds is 3. The molecule has 9 aromatic rings. The number of fused-ring (bicyclic) bond motifs is 9. The first kappa shape index (κ1) is 31.5. The van der Waals surface area contributed by atoms with Gasteiger partial charge in [-0.25, -0.2) is 0 Å². The second kappa shape index (κ2) is 11.6. The van der Waals surface area contributed by atoms with Gasteiger partial charge in [-0.3, -0.25) is 0 Å². The lowest BCUT2D eigenvalue weighted by molar-refractivity contribution is 0.633. The molecule has 3 heterocycles. The van der Waals surface area contributed by atoms with Crippen molar-refractivity contribution in [3.63, 3.8) is 0 Å². The standard InChI is InChI=1S/C53H37BN2/c1-53(2)45-25-15-26-47-52(45)55(49-33-37-21-10-9-20-36(37)32-46(49)53)51-42-23-12-11-22-38(42)31-44-43-24-13-14-27-48(43)56(54(47)50(44)51)41-29-39(34-16-5-3-6-17-34)28-40(30-41)35-18-7-4-8-19-35/h3-33H,1-2H3. The molecular formula is C53H37BN2. The highest BCUT2D eigenvalue weighted by Crippen LogP contribution is 2.56. The average Bonchev–Trinajstić information content (AvgIpc) is 3.25. The van der Waals surface area contributed by atoms with Gasteiger partial charge < -0.3 is 9.71 Å². The summed E-state index contributed by atoms with van der Waals surface area (Å²) >= 11 is 0. The van der Waals surface area contributed by atoms with Crippen LogP contribution < -0.4 is 20.6 Å². The van der Waals surface area contributed by atoms with Gasteiger partial charge >= 0.3 is 6.85 Å². The summed E-state index contributed by atoms with van der Waals surface area (Å²) in [5.74, 6) is 0. The molecule has 2 nitrogen and oxygen atoms in total. The van der Waals surface area contributed by atoms with Crippen LogP contribution in [0.25, 0.3) is 54.9 Å². The molecule has 0 bridgehead atoms. The van der Waals surface area contributed by atoms with Crippen LogP contribution >= 0.6 is 0 Å². The van der Waals surface area contributed by atoms with Crippen LogP contribution in [0.3, 0.4) is 0 Å². The third-order valence-electron chi connectivity index (χ3n) is 12.7. The molecule has 0 aromatic heterocycles. The van der Waals surface area contributed by atoms with Crippen LogP contribution in [0.5, 0.6) is 0 Å². The van der Waals surface area contributed by atoms with Gasteiger partial charge in [-0.2, -0.15) is 0 Å². The van der Waals surface area contributed by atoms with Gasteiger partial charge in [-0.05, 0) is 108 Å². The van der Waals surface area contributed by atoms with Crippen molar-refractivity contribution < 1.29 is 0 Å². The Balaban J connectivity index is 1.22. The van der Waals surface area contributed by atoms with Crippen LogP contribution in [0.4, 0.5) is 28.4 Å². The van der Waals surface area contributed by atoms with Crippen molar-refractivity contribution in [1.29, 1.82) is 0 Å². The quantitative estimate of drug-likeness (QED) is 0.168. The fourth-order valence-corrected chi connectivity index (χ4v) is 10.1. The third kappa shape index (κ3) is 4.34. The fourth-order valence-electron chi connectivity index (χ4n) is 10.1. The molecule has 0 unspecified atom stereocenters. The molecule has 3 heteroatoms. The van der Waals surface area contributed by atoms with E-state index in [0.717, 1.165) is 0 Å². The highest BCUT2D eigenvalue weighted by atomic mass is 15.2. The van der Waals surface area contributed by atoms with E-state index in [2.05, 4.69) is 212 Å². The summed E-state index contributed by atoms with van der Waals surface area (Å²) in [6.07, 6.45) is 0. The number of anilines is 5. The molecule has 0 fully saturated rings. The van der Waals surface area contributed by atoms with Crippen LogP contribution in [0.15, 0.2) is 188 Å². The molecule has 0 amide bonds. The van der Waals surface area contributed by atoms with Gasteiger partial charge in [0.15, 0.2) is 0 Å². The summed E-state index contributed by atoms with van der Waals surface area (Å²) in [5, 5.41) is 5.07. The van der Waals surface area contributed by atoms with Crippen LogP contribution in [0.1, 0.15) is 25.0 Å². The van der Waals surface area contributed by atoms with Gasteiger partial charge in [0.05, 0.1) is 11.4 Å². The SMILES string of the molecule is CC1(C)c2cc3ccccc3cc2N2c3c(cccc31)B1c3c(cc4ccccc4c32)-c2ccccc2N1c1cc(-c2ccccc2)cc(-c2ccccc2)c1. The number of nitrogens with zero attached hydrogens (tertiary/aromatic N) is 2. The zero-order valence-electron chi connectivity index (χ0n) is 31.4. The third-order valence-corrected chi connectivity index (χ3v) is 12.7. The Kier molecular flexibility index (Phi) is 6.52. The minimum Gasteiger partial charge on any atom is -0.376 e. The van der Waals surface area contributed by atoms with E-state index < -0.39 is 0 Å². The Labute approximate surface area is 328 Å². The Morgan fingerprint density at radius 2 is 1.05 bits per heavy atom. The number of hydrogen-bond donors (Lipinski definition) is 0. The van der Waals surface area contributed by atoms with Gasteiger partial charge in [0.2, 0.25) is 0 Å². The van der Waals surface area contributed by atoms with Crippen molar-refractivity contribution in [3.8, 4) is 33.4 Å². The van der Waals surface area contributed by atoms with E-state index in [9.17, 15) is 0 Å². The molecule has 0 aliphatic carbocycles. The Hall–Kier alpha value is -6.84. The predicted octanol–water partition coefficient (Wildman–Crippen LogP) is 12.7. The lowest BCUT2D eigenvalue weighted by atomic mass is 9.42. The minimum absolute atomic E-state index is 0.0711. The maximum atomic E-state index is 2.66. The molecule has 0 N–H and O–H groups in total. The van der Waals surface area contributed by atoms with Gasteiger partial charge in [-0.15, -0.1) is 0 Å². The Bertz CT molecular complexity index is 3020. The summed E-state index contributed by atoms with van der Waals surface area (Å²) in [7, 11) is 0. The molecule has 56 heavy (non-hydrogen) atoms. The van der Waals surface area contributed by atoms with Gasteiger partial charge in [0, 0.05) is 33.4 Å². The van der Waals surface area contributed by atoms with Crippen LogP contribution in [-0.4, -0.2) is 6.85 Å². The molecule has 3 aliphatic heterocycles. The molecule has 262 valence electrons. The van der Waals surface area contributed by atoms with E-state index in [1.807, 2.05) is 0 Å². The number of hydrogen-bond acceptors (Lipinski definition) is 2. The van der Waals surface area contributed by atoms with Crippen LogP contribution in [0.2, 0.25) is 0 Å². The monoisotopic (exact) mass is 712 g/mol.